The lowest BCUT2D eigenvalue weighted by atomic mass is 9.99. The van der Waals surface area contributed by atoms with Gasteiger partial charge in [-0.05, 0) is 38.1 Å². The van der Waals surface area contributed by atoms with Crippen LogP contribution in [0.4, 0.5) is 4.39 Å². The van der Waals surface area contributed by atoms with Crippen molar-refractivity contribution in [3.05, 3.63) is 29.0 Å². The normalized spacial score (nSPS) is 18.1. The summed E-state index contributed by atoms with van der Waals surface area (Å²) in [7, 11) is 0. The van der Waals surface area contributed by atoms with Crippen molar-refractivity contribution in [3.8, 4) is 0 Å². The first-order valence-electron chi connectivity index (χ1n) is 5.60. The molecule has 1 fully saturated rings. The van der Waals surface area contributed by atoms with Crippen LogP contribution in [-0.2, 0) is 0 Å². The van der Waals surface area contributed by atoms with Crippen LogP contribution in [-0.4, -0.2) is 18.1 Å². The molecule has 0 atom stereocenters. The van der Waals surface area contributed by atoms with Crippen LogP contribution < -0.4 is 5.32 Å². The molecule has 1 aliphatic rings. The van der Waals surface area contributed by atoms with Gasteiger partial charge in [-0.25, -0.2) is 9.37 Å². The lowest BCUT2D eigenvalue weighted by Crippen LogP contribution is -2.26. The minimum Gasteiger partial charge on any atom is -0.317 e. The van der Waals surface area contributed by atoms with Gasteiger partial charge in [-0.2, -0.15) is 0 Å². The third-order valence-corrected chi connectivity index (χ3v) is 4.26. The van der Waals surface area contributed by atoms with Crippen molar-refractivity contribution in [2.75, 3.05) is 13.1 Å². The summed E-state index contributed by atoms with van der Waals surface area (Å²) in [6, 6.07) is 5.18. The molecule has 0 radical (unpaired) electrons. The summed E-state index contributed by atoms with van der Waals surface area (Å²) in [6.45, 7) is 2.09. The predicted molar refractivity (Wildman–Crippen MR) is 64.4 cm³/mol. The van der Waals surface area contributed by atoms with E-state index in [-0.39, 0.29) is 5.82 Å². The molecular weight excluding hydrogens is 223 g/mol. The van der Waals surface area contributed by atoms with E-state index in [0.29, 0.717) is 11.4 Å². The number of para-hydroxylation sites is 1. The van der Waals surface area contributed by atoms with Gasteiger partial charge in [-0.3, -0.25) is 0 Å². The highest BCUT2D eigenvalue weighted by Gasteiger charge is 2.19. The summed E-state index contributed by atoms with van der Waals surface area (Å²) in [6.07, 6.45) is 2.23. The Bertz CT molecular complexity index is 503. The van der Waals surface area contributed by atoms with Gasteiger partial charge in [0.2, 0.25) is 0 Å². The summed E-state index contributed by atoms with van der Waals surface area (Å²) >= 11 is 1.64. The zero-order valence-electron chi connectivity index (χ0n) is 8.87. The second-order valence-electron chi connectivity index (χ2n) is 4.16. The van der Waals surface area contributed by atoms with E-state index < -0.39 is 0 Å². The molecule has 0 saturated carbocycles. The van der Waals surface area contributed by atoms with E-state index in [1.165, 1.54) is 6.07 Å². The molecule has 3 rings (SSSR count). The molecule has 2 heterocycles. The summed E-state index contributed by atoms with van der Waals surface area (Å²) < 4.78 is 14.5. The summed E-state index contributed by atoms with van der Waals surface area (Å²) in [5.74, 6) is 0.312. The molecule has 1 aromatic heterocycles. The molecule has 84 valence electrons. The van der Waals surface area contributed by atoms with Crippen molar-refractivity contribution in [2.45, 2.75) is 18.8 Å². The second-order valence-corrected chi connectivity index (χ2v) is 5.23. The van der Waals surface area contributed by atoms with E-state index in [0.717, 1.165) is 35.6 Å². The number of rotatable bonds is 1. The Labute approximate surface area is 97.5 Å². The number of aromatic nitrogens is 1. The molecule has 1 saturated heterocycles. The number of thiazole rings is 1. The van der Waals surface area contributed by atoms with E-state index in [1.807, 2.05) is 6.07 Å². The first-order chi connectivity index (χ1) is 7.84. The van der Waals surface area contributed by atoms with Gasteiger partial charge in [0.15, 0.2) is 0 Å². The fourth-order valence-corrected chi connectivity index (χ4v) is 3.33. The minimum atomic E-state index is -0.200. The fraction of sp³-hybridized carbons (Fsp3) is 0.417. The van der Waals surface area contributed by atoms with Crippen molar-refractivity contribution < 1.29 is 4.39 Å². The van der Waals surface area contributed by atoms with Gasteiger partial charge >= 0.3 is 0 Å². The third-order valence-electron chi connectivity index (χ3n) is 3.07. The molecule has 0 amide bonds. The third kappa shape index (κ3) is 1.72. The van der Waals surface area contributed by atoms with Gasteiger partial charge in [0.25, 0.3) is 0 Å². The van der Waals surface area contributed by atoms with Crippen molar-refractivity contribution in [3.63, 3.8) is 0 Å². The average Bonchev–Trinajstić information content (AvgIpc) is 2.76. The number of benzene rings is 1. The molecule has 16 heavy (non-hydrogen) atoms. The monoisotopic (exact) mass is 236 g/mol. The highest BCUT2D eigenvalue weighted by molar-refractivity contribution is 7.18. The van der Waals surface area contributed by atoms with Gasteiger partial charge in [0.1, 0.15) is 11.3 Å². The molecule has 0 spiro atoms. The molecule has 1 N–H and O–H groups in total. The Hall–Kier alpha value is -1.00. The molecule has 1 aromatic carbocycles. The molecule has 0 bridgehead atoms. The Balaban J connectivity index is 2.01. The lowest BCUT2D eigenvalue weighted by molar-refractivity contribution is 0.459. The highest BCUT2D eigenvalue weighted by Crippen LogP contribution is 2.32. The molecule has 1 aliphatic heterocycles. The maximum atomic E-state index is 13.5. The van der Waals surface area contributed by atoms with E-state index in [4.69, 9.17) is 0 Å². The lowest BCUT2D eigenvalue weighted by Gasteiger charge is -2.20. The fourth-order valence-electron chi connectivity index (χ4n) is 2.18. The maximum absolute atomic E-state index is 13.5. The SMILES string of the molecule is Fc1cccc2sc(C3CCNCC3)nc12. The van der Waals surface area contributed by atoms with Crippen LogP contribution in [0, 0.1) is 5.82 Å². The molecule has 2 aromatic rings. The Morgan fingerprint density at radius 2 is 2.12 bits per heavy atom. The zero-order chi connectivity index (χ0) is 11.0. The van der Waals surface area contributed by atoms with E-state index in [2.05, 4.69) is 10.3 Å². The molecule has 2 nitrogen and oxygen atoms in total. The summed E-state index contributed by atoms with van der Waals surface area (Å²) in [5, 5.41) is 4.43. The Kier molecular flexibility index (Phi) is 2.61. The smallest absolute Gasteiger partial charge is 0.150 e. The standard InChI is InChI=1S/C12H13FN2S/c13-9-2-1-3-10-11(9)15-12(16-10)8-4-6-14-7-5-8/h1-3,8,14H,4-7H2. The zero-order valence-corrected chi connectivity index (χ0v) is 9.69. The van der Waals surface area contributed by atoms with Crippen molar-refractivity contribution in [2.24, 2.45) is 0 Å². The highest BCUT2D eigenvalue weighted by atomic mass is 32.1. The van der Waals surface area contributed by atoms with E-state index in [1.54, 1.807) is 17.4 Å². The number of halogens is 1. The number of hydrogen-bond donors (Lipinski definition) is 1. The largest absolute Gasteiger partial charge is 0.317 e. The number of nitrogens with zero attached hydrogens (tertiary/aromatic N) is 1. The number of hydrogen-bond acceptors (Lipinski definition) is 3. The first kappa shape index (κ1) is 10.2. The van der Waals surface area contributed by atoms with Gasteiger partial charge in [0.05, 0.1) is 9.71 Å². The van der Waals surface area contributed by atoms with Gasteiger partial charge in [0, 0.05) is 5.92 Å². The van der Waals surface area contributed by atoms with Crippen LogP contribution >= 0.6 is 11.3 Å². The van der Waals surface area contributed by atoms with Crippen LogP contribution in [0.15, 0.2) is 18.2 Å². The second kappa shape index (κ2) is 4.11. The van der Waals surface area contributed by atoms with Crippen LogP contribution in [0.2, 0.25) is 0 Å². The van der Waals surface area contributed by atoms with Crippen molar-refractivity contribution in [1.29, 1.82) is 0 Å². The summed E-state index contributed by atoms with van der Waals surface area (Å²) in [5.41, 5.74) is 0.543. The summed E-state index contributed by atoms with van der Waals surface area (Å²) in [4.78, 5) is 4.45. The minimum absolute atomic E-state index is 0.200. The first-order valence-corrected chi connectivity index (χ1v) is 6.42. The number of fused-ring (bicyclic) bond motifs is 1. The molecule has 0 aliphatic carbocycles. The quantitative estimate of drug-likeness (QED) is 0.823. The number of piperidine rings is 1. The van der Waals surface area contributed by atoms with E-state index in [9.17, 15) is 4.39 Å². The van der Waals surface area contributed by atoms with Crippen molar-refractivity contribution in [1.82, 2.24) is 10.3 Å². The van der Waals surface area contributed by atoms with Gasteiger partial charge in [-0.1, -0.05) is 6.07 Å². The molecular formula is C12H13FN2S. The topological polar surface area (TPSA) is 24.9 Å². The van der Waals surface area contributed by atoms with Crippen LogP contribution in [0.1, 0.15) is 23.8 Å². The Morgan fingerprint density at radius 3 is 2.88 bits per heavy atom. The van der Waals surface area contributed by atoms with Crippen molar-refractivity contribution >= 4 is 21.6 Å². The average molecular weight is 236 g/mol. The molecule has 4 heteroatoms. The Morgan fingerprint density at radius 1 is 1.31 bits per heavy atom. The van der Waals surface area contributed by atoms with Crippen LogP contribution in [0.5, 0.6) is 0 Å². The van der Waals surface area contributed by atoms with Gasteiger partial charge < -0.3 is 5.32 Å². The predicted octanol–water partition coefficient (Wildman–Crippen LogP) is 2.90. The van der Waals surface area contributed by atoms with Crippen LogP contribution in [0.3, 0.4) is 0 Å². The van der Waals surface area contributed by atoms with Crippen LogP contribution in [0.25, 0.3) is 10.2 Å². The molecule has 0 unspecified atom stereocenters. The number of nitrogens with one attached hydrogen (secondary N) is 1. The maximum Gasteiger partial charge on any atom is 0.150 e. The van der Waals surface area contributed by atoms with E-state index >= 15 is 0 Å². The van der Waals surface area contributed by atoms with Gasteiger partial charge in [-0.15, -0.1) is 11.3 Å².